The summed E-state index contributed by atoms with van der Waals surface area (Å²) in [6.07, 6.45) is 13.1. The largest absolute Gasteiger partial charge is 0.481 e. The van der Waals surface area contributed by atoms with Crippen LogP contribution in [0.25, 0.3) is 5.57 Å². The Kier molecular flexibility index (Phi) is 6.69. The molecule has 1 N–H and O–H groups in total. The molecule has 0 aromatic heterocycles. The van der Waals surface area contributed by atoms with Gasteiger partial charge in [0.15, 0.2) is 9.84 Å². The quantitative estimate of drug-likeness (QED) is 0.355. The Morgan fingerprint density at radius 1 is 0.881 bits per heavy atom. The Morgan fingerprint density at radius 2 is 1.55 bits per heavy atom. The van der Waals surface area contributed by atoms with Crippen molar-refractivity contribution >= 4 is 21.4 Å². The smallest absolute Gasteiger partial charge is 0.309 e. The van der Waals surface area contributed by atoms with E-state index in [0.717, 1.165) is 44.1 Å². The number of hydrogen-bond acceptors (Lipinski definition) is 3. The van der Waals surface area contributed by atoms with Gasteiger partial charge in [-0.05, 0) is 139 Å². The maximum absolute atomic E-state index is 12.9. The van der Waals surface area contributed by atoms with Gasteiger partial charge in [0.1, 0.15) is 0 Å². The number of rotatable bonds is 4. The predicted octanol–water partition coefficient (Wildman–Crippen LogP) is 8.83. The zero-order chi connectivity index (χ0) is 30.7. The van der Waals surface area contributed by atoms with Gasteiger partial charge in [0, 0.05) is 6.26 Å². The van der Waals surface area contributed by atoms with Crippen molar-refractivity contribution in [3.05, 3.63) is 48.1 Å². The predicted molar refractivity (Wildman–Crippen MR) is 170 cm³/mol. The number of carboxylic acids is 1. The standard InChI is InChI=1S/C37H52O4S/c1-23(2)26-15-20-37(32(38)39)22-21-35(6)28(31(26)37)13-14-30-34(5)18-16-27(24-9-11-25(12-10-24)42(8,40)41)33(3,4)29(34)17-19-36(30,35)7/h9-12,16,26,28-31H,1,13-15,17-22H2,2-8H3,(H,38,39)/t26-,28+,29-,30+,31+,34-,35+,36+,37-/m0/s1. The summed E-state index contributed by atoms with van der Waals surface area (Å²) >= 11 is 0. The van der Waals surface area contributed by atoms with Gasteiger partial charge in [-0.2, -0.15) is 0 Å². The lowest BCUT2D eigenvalue weighted by Gasteiger charge is -2.72. The Balaban J connectivity index is 1.37. The van der Waals surface area contributed by atoms with Crippen LogP contribution in [0.5, 0.6) is 0 Å². The first-order valence-electron chi connectivity index (χ1n) is 16.3. The summed E-state index contributed by atoms with van der Waals surface area (Å²) in [6, 6.07) is 7.53. The minimum atomic E-state index is -3.22. The van der Waals surface area contributed by atoms with E-state index in [1.165, 1.54) is 36.7 Å². The molecule has 1 aromatic carbocycles. The van der Waals surface area contributed by atoms with Crippen LogP contribution in [0.4, 0.5) is 0 Å². The summed E-state index contributed by atoms with van der Waals surface area (Å²) in [5.41, 5.74) is 3.55. The molecule has 0 amide bonds. The van der Waals surface area contributed by atoms with Crippen LogP contribution >= 0.6 is 0 Å². The molecule has 0 radical (unpaired) electrons. The maximum Gasteiger partial charge on any atom is 0.309 e. The monoisotopic (exact) mass is 592 g/mol. The average Bonchev–Trinajstić information content (AvgIpc) is 3.30. The van der Waals surface area contributed by atoms with Crippen LogP contribution in [0.2, 0.25) is 0 Å². The molecule has 4 saturated carbocycles. The van der Waals surface area contributed by atoms with E-state index in [0.29, 0.717) is 28.6 Å². The molecule has 6 rings (SSSR count). The van der Waals surface area contributed by atoms with Gasteiger partial charge in [-0.15, -0.1) is 0 Å². The molecule has 5 heteroatoms. The van der Waals surface area contributed by atoms with Gasteiger partial charge in [0.2, 0.25) is 0 Å². The zero-order valence-electron chi connectivity index (χ0n) is 26.9. The third-order valence-electron chi connectivity index (χ3n) is 14.7. The van der Waals surface area contributed by atoms with Crippen LogP contribution in [-0.4, -0.2) is 25.7 Å². The van der Waals surface area contributed by atoms with Gasteiger partial charge in [-0.1, -0.05) is 65.0 Å². The van der Waals surface area contributed by atoms with Gasteiger partial charge < -0.3 is 5.11 Å². The van der Waals surface area contributed by atoms with Crippen molar-refractivity contribution in [2.45, 2.75) is 104 Å². The molecule has 1 aromatic rings. The number of hydrogen-bond donors (Lipinski definition) is 1. The highest BCUT2D eigenvalue weighted by molar-refractivity contribution is 7.90. The van der Waals surface area contributed by atoms with Crippen LogP contribution < -0.4 is 0 Å². The molecule has 5 aliphatic rings. The summed E-state index contributed by atoms with van der Waals surface area (Å²) in [6.45, 7) is 19.1. The average molecular weight is 593 g/mol. The summed E-state index contributed by atoms with van der Waals surface area (Å²) in [5.74, 6) is 1.54. The van der Waals surface area contributed by atoms with E-state index in [9.17, 15) is 18.3 Å². The highest BCUT2D eigenvalue weighted by Crippen LogP contribution is 2.77. The molecule has 9 atom stereocenters. The Morgan fingerprint density at radius 3 is 2.14 bits per heavy atom. The Hall–Kier alpha value is -1.88. The first kappa shape index (κ1) is 30.2. The van der Waals surface area contributed by atoms with Crippen molar-refractivity contribution in [2.75, 3.05) is 6.26 Å². The number of fused-ring (bicyclic) bond motifs is 7. The minimum Gasteiger partial charge on any atom is -0.481 e. The van der Waals surface area contributed by atoms with Crippen LogP contribution in [0.3, 0.4) is 0 Å². The van der Waals surface area contributed by atoms with Crippen molar-refractivity contribution in [1.82, 2.24) is 0 Å². The van der Waals surface area contributed by atoms with Crippen LogP contribution in [0.1, 0.15) is 105 Å². The number of carbonyl (C=O) groups is 1. The fourth-order valence-electron chi connectivity index (χ4n) is 12.5. The second kappa shape index (κ2) is 9.31. The molecule has 4 nitrogen and oxygen atoms in total. The van der Waals surface area contributed by atoms with Crippen molar-refractivity contribution in [1.29, 1.82) is 0 Å². The lowest BCUT2D eigenvalue weighted by atomic mass is 9.32. The molecule has 0 spiro atoms. The third kappa shape index (κ3) is 3.83. The molecular weight excluding hydrogens is 540 g/mol. The van der Waals surface area contributed by atoms with Crippen LogP contribution in [0, 0.1) is 56.7 Å². The van der Waals surface area contributed by atoms with Gasteiger partial charge in [-0.3, -0.25) is 4.79 Å². The lowest BCUT2D eigenvalue weighted by molar-refractivity contribution is -0.227. The summed E-state index contributed by atoms with van der Waals surface area (Å²) in [4.78, 5) is 13.3. The number of sulfone groups is 1. The number of benzene rings is 1. The minimum absolute atomic E-state index is 0.0276. The second-order valence-electron chi connectivity index (χ2n) is 16.5. The summed E-state index contributed by atoms with van der Waals surface area (Å²) in [7, 11) is -3.22. The molecule has 0 saturated heterocycles. The van der Waals surface area contributed by atoms with Gasteiger partial charge in [-0.25, -0.2) is 8.42 Å². The van der Waals surface area contributed by atoms with E-state index in [2.05, 4.69) is 54.2 Å². The van der Waals surface area contributed by atoms with E-state index in [1.54, 1.807) is 12.1 Å². The van der Waals surface area contributed by atoms with Crippen LogP contribution in [0.15, 0.2) is 47.4 Å². The molecule has 0 aliphatic heterocycles. The highest BCUT2D eigenvalue weighted by atomic mass is 32.2. The van der Waals surface area contributed by atoms with Crippen molar-refractivity contribution in [2.24, 2.45) is 56.7 Å². The van der Waals surface area contributed by atoms with Crippen molar-refractivity contribution in [3.63, 3.8) is 0 Å². The SMILES string of the molecule is C=C(C)[C@@H]1CC[C@]2(C(=O)O)CC[C@]3(C)[C@H](CC[C@@H]4[C@@]5(C)CC=C(c6ccc(S(C)(=O)=O)cc6)C(C)(C)[C@@H]5CC[C@]43C)[C@@H]12. The van der Waals surface area contributed by atoms with Gasteiger partial charge in [0.25, 0.3) is 0 Å². The third-order valence-corrected chi connectivity index (χ3v) is 15.8. The van der Waals surface area contributed by atoms with Crippen LogP contribution in [-0.2, 0) is 14.6 Å². The van der Waals surface area contributed by atoms with Gasteiger partial charge in [0.05, 0.1) is 10.3 Å². The van der Waals surface area contributed by atoms with Gasteiger partial charge >= 0.3 is 5.97 Å². The van der Waals surface area contributed by atoms with E-state index in [-0.39, 0.29) is 27.6 Å². The van der Waals surface area contributed by atoms with E-state index in [4.69, 9.17) is 0 Å². The molecule has 0 bridgehead atoms. The molecule has 0 unspecified atom stereocenters. The Bertz CT molecular complexity index is 1450. The number of aliphatic carboxylic acids is 1. The topological polar surface area (TPSA) is 71.4 Å². The molecule has 230 valence electrons. The fraction of sp³-hybridized carbons (Fsp3) is 0.703. The lowest BCUT2D eigenvalue weighted by Crippen LogP contribution is -2.65. The number of carboxylic acid groups (broad SMARTS) is 1. The molecule has 42 heavy (non-hydrogen) atoms. The van der Waals surface area contributed by atoms with Crippen molar-refractivity contribution < 1.29 is 18.3 Å². The summed E-state index contributed by atoms with van der Waals surface area (Å²) in [5, 5.41) is 10.6. The summed E-state index contributed by atoms with van der Waals surface area (Å²) < 4.78 is 24.2. The second-order valence-corrected chi connectivity index (χ2v) is 18.5. The van der Waals surface area contributed by atoms with E-state index >= 15 is 0 Å². The molecule has 0 heterocycles. The first-order valence-corrected chi connectivity index (χ1v) is 18.2. The Labute approximate surface area is 254 Å². The normalized spacial score (nSPS) is 44.2. The fourth-order valence-corrected chi connectivity index (χ4v) is 13.1. The van der Waals surface area contributed by atoms with E-state index in [1.807, 2.05) is 12.1 Å². The zero-order valence-corrected chi connectivity index (χ0v) is 27.7. The highest BCUT2D eigenvalue weighted by Gasteiger charge is 2.71. The number of allylic oxidation sites excluding steroid dienone is 3. The molecular formula is C37H52O4S. The molecule has 5 aliphatic carbocycles. The first-order chi connectivity index (χ1) is 19.4. The maximum atomic E-state index is 12.9. The molecule has 4 fully saturated rings. The van der Waals surface area contributed by atoms with Crippen molar-refractivity contribution in [3.8, 4) is 0 Å². The van der Waals surface area contributed by atoms with E-state index < -0.39 is 21.2 Å².